The van der Waals surface area contributed by atoms with Gasteiger partial charge in [-0.2, -0.15) is 0 Å². The van der Waals surface area contributed by atoms with Gasteiger partial charge in [-0.15, -0.1) is 0 Å². The van der Waals surface area contributed by atoms with Crippen molar-refractivity contribution in [1.29, 1.82) is 0 Å². The number of ether oxygens (including phenoxy) is 2. The molecule has 0 N–H and O–H groups in total. The Hall–Kier alpha value is -2.62. The van der Waals surface area contributed by atoms with Crippen LogP contribution >= 0.6 is 0 Å². The van der Waals surface area contributed by atoms with Gasteiger partial charge in [0.1, 0.15) is 0 Å². The van der Waals surface area contributed by atoms with E-state index in [0.717, 1.165) is 36.8 Å². The maximum atomic E-state index is 12.9. The Balaban J connectivity index is 1.86. The highest BCUT2D eigenvalue weighted by atomic mass is 16.5. The first-order valence-electron chi connectivity index (χ1n) is 15.2. The van der Waals surface area contributed by atoms with E-state index >= 15 is 0 Å². The highest BCUT2D eigenvalue weighted by Crippen LogP contribution is 2.24. The van der Waals surface area contributed by atoms with Crippen molar-refractivity contribution in [2.45, 2.75) is 117 Å². The van der Waals surface area contributed by atoms with E-state index in [9.17, 15) is 9.59 Å². The van der Waals surface area contributed by atoms with E-state index in [1.54, 1.807) is 18.2 Å². The van der Waals surface area contributed by atoms with Crippen LogP contribution in [0.5, 0.6) is 0 Å². The number of benzene rings is 2. The molecule has 0 saturated carbocycles. The van der Waals surface area contributed by atoms with Crippen molar-refractivity contribution in [3.63, 3.8) is 0 Å². The first-order valence-corrected chi connectivity index (χ1v) is 15.2. The molecule has 0 radical (unpaired) electrons. The van der Waals surface area contributed by atoms with Crippen molar-refractivity contribution in [2.24, 2.45) is 0 Å². The monoisotopic (exact) mass is 522 g/mol. The number of carbonyl (C=O) groups excluding carboxylic acids is 2. The van der Waals surface area contributed by atoms with Crippen LogP contribution in [0.2, 0.25) is 0 Å². The van der Waals surface area contributed by atoms with E-state index in [1.165, 1.54) is 77.0 Å². The predicted octanol–water partition coefficient (Wildman–Crippen LogP) is 9.95. The fourth-order valence-corrected chi connectivity index (χ4v) is 4.63. The van der Waals surface area contributed by atoms with Crippen molar-refractivity contribution in [3.8, 4) is 11.1 Å². The number of hydrogen-bond acceptors (Lipinski definition) is 4. The summed E-state index contributed by atoms with van der Waals surface area (Å²) in [6.07, 6.45) is 19.1. The van der Waals surface area contributed by atoms with E-state index in [4.69, 9.17) is 9.47 Å². The molecule has 2 aromatic rings. The average Bonchev–Trinajstić information content (AvgIpc) is 2.95. The highest BCUT2D eigenvalue weighted by Gasteiger charge is 2.16. The number of carbonyl (C=O) groups is 2. The van der Waals surface area contributed by atoms with Gasteiger partial charge in [-0.25, -0.2) is 9.59 Å². The van der Waals surface area contributed by atoms with Crippen LogP contribution in [0.15, 0.2) is 48.5 Å². The van der Waals surface area contributed by atoms with Crippen molar-refractivity contribution < 1.29 is 19.1 Å². The van der Waals surface area contributed by atoms with E-state index in [0.29, 0.717) is 24.3 Å². The Kier molecular flexibility index (Phi) is 16.9. The third-order valence-corrected chi connectivity index (χ3v) is 6.97. The minimum absolute atomic E-state index is 0.386. The van der Waals surface area contributed by atoms with Crippen LogP contribution in [0.3, 0.4) is 0 Å². The SMILES string of the molecule is CCCCCCCCCCOC(=O)c1cc(C(=O)OCCCCCCCCCC)cc(-c2ccccc2)c1. The van der Waals surface area contributed by atoms with Gasteiger partial charge in [0.2, 0.25) is 0 Å². The molecule has 0 aliphatic carbocycles. The van der Waals surface area contributed by atoms with E-state index in [2.05, 4.69) is 13.8 Å². The Morgan fingerprint density at radius 3 is 1.32 bits per heavy atom. The molecule has 0 aromatic heterocycles. The molecule has 4 nitrogen and oxygen atoms in total. The second-order valence-electron chi connectivity index (χ2n) is 10.4. The molecule has 0 unspecified atom stereocenters. The molecular formula is C34H50O4. The minimum atomic E-state index is -0.386. The fraction of sp³-hybridized carbons (Fsp3) is 0.588. The molecule has 0 amide bonds. The molecular weight excluding hydrogens is 472 g/mol. The number of rotatable bonds is 21. The lowest BCUT2D eigenvalue weighted by Gasteiger charge is -2.11. The van der Waals surface area contributed by atoms with Crippen LogP contribution in [0.25, 0.3) is 11.1 Å². The van der Waals surface area contributed by atoms with Crippen LogP contribution in [-0.4, -0.2) is 25.2 Å². The zero-order chi connectivity index (χ0) is 27.3. The lowest BCUT2D eigenvalue weighted by Crippen LogP contribution is -2.11. The molecule has 0 aliphatic rings. The lowest BCUT2D eigenvalue weighted by molar-refractivity contribution is 0.0496. The third kappa shape index (κ3) is 13.3. The Labute approximate surface area is 231 Å². The zero-order valence-corrected chi connectivity index (χ0v) is 24.0. The summed E-state index contributed by atoms with van der Waals surface area (Å²) in [5, 5.41) is 0. The fourth-order valence-electron chi connectivity index (χ4n) is 4.63. The quantitative estimate of drug-likeness (QED) is 0.121. The third-order valence-electron chi connectivity index (χ3n) is 6.97. The van der Waals surface area contributed by atoms with Gasteiger partial charge in [0.25, 0.3) is 0 Å². The summed E-state index contributed by atoms with van der Waals surface area (Å²) >= 11 is 0. The maximum Gasteiger partial charge on any atom is 0.338 e. The van der Waals surface area contributed by atoms with E-state index in [1.807, 2.05) is 30.3 Å². The lowest BCUT2D eigenvalue weighted by atomic mass is 9.99. The van der Waals surface area contributed by atoms with Crippen molar-refractivity contribution in [1.82, 2.24) is 0 Å². The smallest absolute Gasteiger partial charge is 0.338 e. The summed E-state index contributed by atoms with van der Waals surface area (Å²) < 4.78 is 11.1. The predicted molar refractivity (Wildman–Crippen MR) is 158 cm³/mol. The molecule has 0 spiro atoms. The van der Waals surface area contributed by atoms with Crippen molar-refractivity contribution in [3.05, 3.63) is 59.7 Å². The number of unbranched alkanes of at least 4 members (excludes halogenated alkanes) is 14. The van der Waals surface area contributed by atoms with Gasteiger partial charge in [0.05, 0.1) is 24.3 Å². The molecule has 38 heavy (non-hydrogen) atoms. The van der Waals surface area contributed by atoms with Gasteiger partial charge in [-0.3, -0.25) is 0 Å². The normalized spacial score (nSPS) is 10.9. The molecule has 0 bridgehead atoms. The molecule has 0 atom stereocenters. The second kappa shape index (κ2) is 20.4. The summed E-state index contributed by atoms with van der Waals surface area (Å²) in [7, 11) is 0. The van der Waals surface area contributed by atoms with Crippen LogP contribution in [-0.2, 0) is 9.47 Å². The average molecular weight is 523 g/mol. The Morgan fingerprint density at radius 1 is 0.500 bits per heavy atom. The Bertz CT molecular complexity index is 854. The van der Waals surface area contributed by atoms with Gasteiger partial charge in [0.15, 0.2) is 0 Å². The highest BCUT2D eigenvalue weighted by molar-refractivity contribution is 5.97. The standard InChI is InChI=1S/C34H50O4/c1-3-5-7-9-11-13-15-20-24-37-33(35)31-26-30(29-22-18-17-19-23-29)27-32(28-31)34(36)38-25-21-16-14-12-10-8-6-4-2/h17-19,22-23,26-28H,3-16,20-21,24-25H2,1-2H3. The summed E-state index contributed by atoms with van der Waals surface area (Å²) in [4.78, 5) is 25.7. The maximum absolute atomic E-state index is 12.9. The zero-order valence-electron chi connectivity index (χ0n) is 24.0. The van der Waals surface area contributed by atoms with Crippen LogP contribution in [0.4, 0.5) is 0 Å². The first kappa shape index (κ1) is 31.6. The van der Waals surface area contributed by atoms with Gasteiger partial charge in [0, 0.05) is 0 Å². The summed E-state index contributed by atoms with van der Waals surface area (Å²) in [6, 6.07) is 15.0. The van der Waals surface area contributed by atoms with Crippen molar-refractivity contribution in [2.75, 3.05) is 13.2 Å². The van der Waals surface area contributed by atoms with Crippen molar-refractivity contribution >= 4 is 11.9 Å². The largest absolute Gasteiger partial charge is 0.462 e. The topological polar surface area (TPSA) is 52.6 Å². The van der Waals surface area contributed by atoms with E-state index < -0.39 is 0 Å². The number of esters is 2. The molecule has 2 rings (SSSR count). The van der Waals surface area contributed by atoms with Gasteiger partial charge in [-0.1, -0.05) is 134 Å². The molecule has 2 aromatic carbocycles. The first-order chi connectivity index (χ1) is 18.7. The summed E-state index contributed by atoms with van der Waals surface area (Å²) in [5.41, 5.74) is 2.54. The van der Waals surface area contributed by atoms with Gasteiger partial charge < -0.3 is 9.47 Å². The Morgan fingerprint density at radius 2 is 0.895 bits per heavy atom. The minimum Gasteiger partial charge on any atom is -0.462 e. The molecule has 0 fully saturated rings. The molecule has 0 aliphatic heterocycles. The molecule has 210 valence electrons. The summed E-state index contributed by atoms with van der Waals surface area (Å²) in [5.74, 6) is -0.773. The van der Waals surface area contributed by atoms with E-state index in [-0.39, 0.29) is 11.9 Å². The molecule has 4 heteroatoms. The molecule has 0 saturated heterocycles. The second-order valence-corrected chi connectivity index (χ2v) is 10.4. The molecule has 0 heterocycles. The van der Waals surface area contributed by atoms with Crippen LogP contribution < -0.4 is 0 Å². The van der Waals surface area contributed by atoms with Crippen LogP contribution in [0.1, 0.15) is 137 Å². The van der Waals surface area contributed by atoms with Crippen LogP contribution in [0, 0.1) is 0 Å². The summed E-state index contributed by atoms with van der Waals surface area (Å²) in [6.45, 7) is 5.27. The number of hydrogen-bond donors (Lipinski definition) is 0. The van der Waals surface area contributed by atoms with Gasteiger partial charge >= 0.3 is 11.9 Å². The van der Waals surface area contributed by atoms with Gasteiger partial charge in [-0.05, 0) is 42.2 Å².